The van der Waals surface area contributed by atoms with E-state index >= 15 is 0 Å². The number of hydrogen-bond acceptors (Lipinski definition) is 5. The lowest BCUT2D eigenvalue weighted by Gasteiger charge is -2.04. The first kappa shape index (κ1) is 16.1. The van der Waals surface area contributed by atoms with Gasteiger partial charge in [0.25, 0.3) is 10.0 Å². The Labute approximate surface area is 139 Å². The molecule has 0 saturated carbocycles. The van der Waals surface area contributed by atoms with Gasteiger partial charge in [0.05, 0.1) is 11.1 Å². The average molecular weight is 341 g/mol. The molecule has 0 aliphatic carbocycles. The Bertz CT molecular complexity index is 962. The molecule has 1 aromatic carbocycles. The number of hydrogen-bond donors (Lipinski definition) is 0. The Balaban J connectivity index is 1.83. The lowest BCUT2D eigenvalue weighted by Crippen LogP contribution is -2.13. The fourth-order valence-corrected chi connectivity index (χ4v) is 3.33. The Morgan fingerprint density at radius 2 is 1.88 bits per heavy atom. The fraction of sp³-hybridized carbons (Fsp3) is 0.118. The number of aryl methyl sites for hydroxylation is 1. The fourth-order valence-electron chi connectivity index (χ4n) is 2.18. The Kier molecular flexibility index (Phi) is 4.26. The van der Waals surface area contributed by atoms with Crippen molar-refractivity contribution in [1.82, 2.24) is 14.2 Å². The van der Waals surface area contributed by atoms with Crippen LogP contribution in [-0.2, 0) is 16.4 Å². The van der Waals surface area contributed by atoms with Gasteiger partial charge < -0.3 is 0 Å². The van der Waals surface area contributed by atoms with Crippen molar-refractivity contribution in [2.45, 2.75) is 18.2 Å². The highest BCUT2D eigenvalue weighted by Crippen LogP contribution is 2.15. The lowest BCUT2D eigenvalue weighted by atomic mass is 10.1. The van der Waals surface area contributed by atoms with E-state index in [0.29, 0.717) is 11.3 Å². The largest absolute Gasteiger partial charge is 0.292 e. The smallest absolute Gasteiger partial charge is 0.282 e. The van der Waals surface area contributed by atoms with Crippen LogP contribution in [0.15, 0.2) is 66.0 Å². The van der Waals surface area contributed by atoms with Gasteiger partial charge in [0.15, 0.2) is 5.78 Å². The van der Waals surface area contributed by atoms with Crippen molar-refractivity contribution in [3.8, 4) is 0 Å². The predicted octanol–water partition coefficient (Wildman–Crippen LogP) is 2.25. The molecule has 0 amide bonds. The Morgan fingerprint density at radius 1 is 1.12 bits per heavy atom. The maximum Gasteiger partial charge on any atom is 0.282 e. The quantitative estimate of drug-likeness (QED) is 0.665. The molecule has 0 unspecified atom stereocenters. The molecule has 0 spiro atoms. The molecule has 0 bridgehead atoms. The van der Waals surface area contributed by atoms with E-state index in [0.717, 1.165) is 9.65 Å². The number of benzene rings is 1. The molecule has 3 aromatic rings. The minimum Gasteiger partial charge on any atom is -0.292 e. The molecule has 0 aliphatic rings. The average Bonchev–Trinajstić information content (AvgIpc) is 3.05. The van der Waals surface area contributed by atoms with Gasteiger partial charge in [-0.05, 0) is 36.8 Å². The molecule has 0 aliphatic heterocycles. The summed E-state index contributed by atoms with van der Waals surface area (Å²) in [6, 6.07) is 11.6. The highest BCUT2D eigenvalue weighted by atomic mass is 32.2. The van der Waals surface area contributed by atoms with E-state index in [1.807, 2.05) is 6.92 Å². The second kappa shape index (κ2) is 6.37. The normalized spacial score (nSPS) is 11.4. The van der Waals surface area contributed by atoms with Crippen molar-refractivity contribution in [3.05, 3.63) is 77.9 Å². The molecule has 6 nitrogen and oxygen atoms in total. The third-order valence-corrected chi connectivity index (χ3v) is 5.05. The summed E-state index contributed by atoms with van der Waals surface area (Å²) in [5, 5.41) is 3.89. The molecule has 24 heavy (non-hydrogen) atoms. The first-order valence-electron chi connectivity index (χ1n) is 7.27. The first-order valence-corrected chi connectivity index (χ1v) is 8.71. The van der Waals surface area contributed by atoms with Crippen LogP contribution in [0, 0.1) is 6.92 Å². The van der Waals surface area contributed by atoms with E-state index in [2.05, 4.69) is 10.1 Å². The number of aromatic nitrogens is 3. The lowest BCUT2D eigenvalue weighted by molar-refractivity contribution is 0.0988. The van der Waals surface area contributed by atoms with Gasteiger partial charge in [-0.3, -0.25) is 9.78 Å². The molecule has 3 rings (SSSR count). The molecule has 0 atom stereocenters. The van der Waals surface area contributed by atoms with Crippen molar-refractivity contribution in [3.63, 3.8) is 0 Å². The number of carbonyl (C=O) groups excluding carboxylic acids is 1. The molecule has 2 aromatic heterocycles. The molecule has 0 radical (unpaired) electrons. The van der Waals surface area contributed by atoms with Crippen molar-refractivity contribution < 1.29 is 13.2 Å². The second-order valence-corrected chi connectivity index (χ2v) is 7.15. The minimum absolute atomic E-state index is 0.0421. The van der Waals surface area contributed by atoms with Crippen molar-refractivity contribution in [2.75, 3.05) is 0 Å². The van der Waals surface area contributed by atoms with Crippen LogP contribution < -0.4 is 0 Å². The highest BCUT2D eigenvalue weighted by molar-refractivity contribution is 7.89. The zero-order valence-corrected chi connectivity index (χ0v) is 13.8. The predicted molar refractivity (Wildman–Crippen MR) is 88.3 cm³/mol. The number of Topliss-reactive ketones (excluding diaryl/α,β-unsaturated/α-hetero) is 1. The van der Waals surface area contributed by atoms with Crippen molar-refractivity contribution in [2.24, 2.45) is 0 Å². The molecule has 2 heterocycles. The standard InChI is InChI=1S/C17H15N3O3S/c1-13-5-7-15(8-6-13)24(22,23)20-12-14(11-19-20)10-17(21)16-4-2-3-9-18-16/h2-9,11-12H,10H2,1H3. The van der Waals surface area contributed by atoms with E-state index in [4.69, 9.17) is 0 Å². The number of nitrogens with zero attached hydrogens (tertiary/aromatic N) is 3. The van der Waals surface area contributed by atoms with Crippen LogP contribution in [0.2, 0.25) is 0 Å². The maximum absolute atomic E-state index is 12.5. The SMILES string of the molecule is Cc1ccc(S(=O)(=O)n2cc(CC(=O)c3ccccn3)cn2)cc1. The van der Waals surface area contributed by atoms with Crippen LogP contribution in [-0.4, -0.2) is 28.4 Å². The second-order valence-electron chi connectivity index (χ2n) is 5.35. The first-order chi connectivity index (χ1) is 11.5. The van der Waals surface area contributed by atoms with E-state index in [1.54, 1.807) is 36.5 Å². The summed E-state index contributed by atoms with van der Waals surface area (Å²) in [5.41, 5.74) is 1.82. The van der Waals surface area contributed by atoms with Crippen LogP contribution in [0.3, 0.4) is 0 Å². The Morgan fingerprint density at radius 3 is 2.54 bits per heavy atom. The summed E-state index contributed by atoms with van der Waals surface area (Å²) in [5.74, 6) is -0.192. The molecule has 7 heteroatoms. The van der Waals surface area contributed by atoms with E-state index in [1.165, 1.54) is 24.5 Å². The number of carbonyl (C=O) groups is 1. The highest BCUT2D eigenvalue weighted by Gasteiger charge is 2.19. The van der Waals surface area contributed by atoms with Gasteiger partial charge in [-0.2, -0.15) is 17.6 Å². The molecule has 0 saturated heterocycles. The van der Waals surface area contributed by atoms with Crippen LogP contribution in [0.4, 0.5) is 0 Å². The number of rotatable bonds is 5. The van der Waals surface area contributed by atoms with Gasteiger partial charge in [-0.15, -0.1) is 0 Å². The van der Waals surface area contributed by atoms with Crippen LogP contribution in [0.1, 0.15) is 21.6 Å². The van der Waals surface area contributed by atoms with Crippen molar-refractivity contribution >= 4 is 15.8 Å². The topological polar surface area (TPSA) is 81.9 Å². The zero-order chi connectivity index (χ0) is 17.2. The minimum atomic E-state index is -3.76. The van der Waals surface area contributed by atoms with Gasteiger partial charge in [0.2, 0.25) is 0 Å². The van der Waals surface area contributed by atoms with Gasteiger partial charge >= 0.3 is 0 Å². The van der Waals surface area contributed by atoms with Gasteiger partial charge in [-0.1, -0.05) is 23.8 Å². The molecule has 0 N–H and O–H groups in total. The van der Waals surface area contributed by atoms with Crippen LogP contribution in [0.5, 0.6) is 0 Å². The van der Waals surface area contributed by atoms with E-state index in [9.17, 15) is 13.2 Å². The molecular formula is C17H15N3O3S. The summed E-state index contributed by atoms with van der Waals surface area (Å²) < 4.78 is 25.9. The van der Waals surface area contributed by atoms with Crippen LogP contribution in [0.25, 0.3) is 0 Å². The molecular weight excluding hydrogens is 326 g/mol. The summed E-state index contributed by atoms with van der Waals surface area (Å²) in [6.45, 7) is 1.88. The number of ketones is 1. The third-order valence-electron chi connectivity index (χ3n) is 3.49. The molecule has 122 valence electrons. The summed E-state index contributed by atoms with van der Waals surface area (Å²) in [6.07, 6.45) is 4.32. The maximum atomic E-state index is 12.5. The van der Waals surface area contributed by atoms with Gasteiger partial charge in [0, 0.05) is 18.8 Å². The Hall–Kier alpha value is -2.80. The van der Waals surface area contributed by atoms with E-state index in [-0.39, 0.29) is 17.1 Å². The number of pyridine rings is 1. The third kappa shape index (κ3) is 3.26. The van der Waals surface area contributed by atoms with Crippen LogP contribution >= 0.6 is 0 Å². The summed E-state index contributed by atoms with van der Waals surface area (Å²) in [7, 11) is -3.76. The van der Waals surface area contributed by atoms with Crippen molar-refractivity contribution in [1.29, 1.82) is 0 Å². The van der Waals surface area contributed by atoms with E-state index < -0.39 is 10.0 Å². The monoisotopic (exact) mass is 341 g/mol. The summed E-state index contributed by atoms with van der Waals surface area (Å²) >= 11 is 0. The molecule has 0 fully saturated rings. The summed E-state index contributed by atoms with van der Waals surface area (Å²) in [4.78, 5) is 16.3. The van der Waals surface area contributed by atoms with Gasteiger partial charge in [0.1, 0.15) is 5.69 Å². The zero-order valence-electron chi connectivity index (χ0n) is 13.0. The van der Waals surface area contributed by atoms with Gasteiger partial charge in [-0.25, -0.2) is 0 Å².